The molecule has 0 amide bonds. The molecule has 2 saturated heterocycles. The number of piperazine rings is 1. The molecule has 1 atom stereocenters. The molecule has 150 valence electrons. The minimum Gasteiger partial charge on any atom is -0.380 e. The first-order valence-electron chi connectivity index (χ1n) is 10.1. The summed E-state index contributed by atoms with van der Waals surface area (Å²) >= 11 is 0. The van der Waals surface area contributed by atoms with Crippen LogP contribution in [-0.4, -0.2) is 57.4 Å². The Morgan fingerprint density at radius 2 is 1.79 bits per heavy atom. The van der Waals surface area contributed by atoms with Crippen LogP contribution in [-0.2, 0) is 4.74 Å². The zero-order chi connectivity index (χ0) is 19.3. The Kier molecular flexibility index (Phi) is 5.98. The summed E-state index contributed by atoms with van der Waals surface area (Å²) in [6.07, 6.45) is 2.30. The number of ether oxygens (including phenoxy) is 1. The lowest BCUT2D eigenvalue weighted by molar-refractivity contribution is 0.120. The van der Waals surface area contributed by atoms with Crippen LogP contribution in [0.4, 0.5) is 27.1 Å². The highest BCUT2D eigenvalue weighted by Gasteiger charge is 2.16. The minimum absolute atomic E-state index is 0.179. The molecule has 0 spiro atoms. The van der Waals surface area contributed by atoms with Gasteiger partial charge >= 0.3 is 0 Å². The molecule has 2 aliphatic rings. The van der Waals surface area contributed by atoms with Crippen molar-refractivity contribution in [2.75, 3.05) is 61.9 Å². The molecule has 4 rings (SSSR count). The first-order chi connectivity index (χ1) is 13.7. The van der Waals surface area contributed by atoms with E-state index >= 15 is 0 Å². The number of hydrogen-bond donors (Lipinski definition) is 2. The number of nitrogens with one attached hydrogen (secondary N) is 2. The number of rotatable bonds is 6. The summed E-state index contributed by atoms with van der Waals surface area (Å²) in [5.41, 5.74) is 3.62. The molecule has 2 aromatic carbocycles. The maximum absolute atomic E-state index is 14.1. The Morgan fingerprint density at radius 3 is 2.50 bits per heavy atom. The monoisotopic (exact) mass is 384 g/mol. The van der Waals surface area contributed by atoms with Gasteiger partial charge in [0.05, 0.1) is 11.8 Å². The lowest BCUT2D eigenvalue weighted by Crippen LogP contribution is -2.44. The van der Waals surface area contributed by atoms with Crippen molar-refractivity contribution in [3.8, 4) is 0 Å². The van der Waals surface area contributed by atoms with Crippen molar-refractivity contribution >= 4 is 22.7 Å². The summed E-state index contributed by atoms with van der Waals surface area (Å²) < 4.78 is 19.7. The van der Waals surface area contributed by atoms with Gasteiger partial charge in [0.25, 0.3) is 0 Å². The Labute approximate surface area is 166 Å². The number of halogens is 1. The third-order valence-electron chi connectivity index (χ3n) is 5.53. The van der Waals surface area contributed by atoms with E-state index in [1.165, 1.54) is 11.8 Å². The first kappa shape index (κ1) is 19.0. The van der Waals surface area contributed by atoms with Gasteiger partial charge < -0.3 is 25.2 Å². The second-order valence-electron chi connectivity index (χ2n) is 7.67. The van der Waals surface area contributed by atoms with Crippen LogP contribution in [0.3, 0.4) is 0 Å². The second-order valence-corrected chi connectivity index (χ2v) is 7.67. The fraction of sp³-hybridized carbons (Fsp3) is 0.455. The Bertz CT molecular complexity index is 769. The number of anilines is 4. The molecule has 6 heteroatoms. The molecule has 2 N–H and O–H groups in total. The maximum Gasteiger partial charge on any atom is 0.146 e. The molecule has 5 nitrogen and oxygen atoms in total. The van der Waals surface area contributed by atoms with E-state index < -0.39 is 0 Å². The van der Waals surface area contributed by atoms with E-state index in [1.807, 2.05) is 6.07 Å². The van der Waals surface area contributed by atoms with Crippen LogP contribution >= 0.6 is 0 Å². The summed E-state index contributed by atoms with van der Waals surface area (Å²) in [5, 5.41) is 6.56. The Balaban J connectivity index is 1.37. The Morgan fingerprint density at radius 1 is 1.04 bits per heavy atom. The van der Waals surface area contributed by atoms with Crippen LogP contribution in [0, 0.1) is 5.82 Å². The van der Waals surface area contributed by atoms with Crippen LogP contribution in [0.5, 0.6) is 0 Å². The highest BCUT2D eigenvalue weighted by Crippen LogP contribution is 2.25. The molecular weight excluding hydrogens is 355 g/mol. The molecule has 28 heavy (non-hydrogen) atoms. The smallest absolute Gasteiger partial charge is 0.146 e. The molecule has 0 saturated carbocycles. The predicted octanol–water partition coefficient (Wildman–Crippen LogP) is 3.91. The quantitative estimate of drug-likeness (QED) is 0.790. The van der Waals surface area contributed by atoms with Gasteiger partial charge in [-0.15, -0.1) is 0 Å². The van der Waals surface area contributed by atoms with Crippen molar-refractivity contribution in [3.63, 3.8) is 0 Å². The summed E-state index contributed by atoms with van der Waals surface area (Å²) in [6.45, 7) is 5.75. The topological polar surface area (TPSA) is 39.8 Å². The van der Waals surface area contributed by atoms with E-state index in [0.717, 1.165) is 57.0 Å². The van der Waals surface area contributed by atoms with Crippen LogP contribution in [0.1, 0.15) is 12.8 Å². The summed E-state index contributed by atoms with van der Waals surface area (Å²) in [6, 6.07) is 13.5. The number of nitrogens with zero attached hydrogens (tertiary/aromatic N) is 2. The van der Waals surface area contributed by atoms with Crippen LogP contribution < -0.4 is 15.5 Å². The number of benzene rings is 2. The van der Waals surface area contributed by atoms with E-state index in [2.05, 4.69) is 51.7 Å². The van der Waals surface area contributed by atoms with Gasteiger partial charge in [0, 0.05) is 56.4 Å². The molecule has 0 aliphatic carbocycles. The molecule has 0 radical (unpaired) electrons. The average Bonchev–Trinajstić information content (AvgIpc) is 3.23. The van der Waals surface area contributed by atoms with Crippen molar-refractivity contribution in [2.24, 2.45) is 0 Å². The highest BCUT2D eigenvalue weighted by molar-refractivity contribution is 5.66. The lowest BCUT2D eigenvalue weighted by Gasteiger charge is -2.34. The normalized spacial score (nSPS) is 20.4. The van der Waals surface area contributed by atoms with E-state index in [1.54, 1.807) is 6.07 Å². The molecule has 2 aliphatic heterocycles. The van der Waals surface area contributed by atoms with Crippen LogP contribution in [0.15, 0.2) is 42.5 Å². The summed E-state index contributed by atoms with van der Waals surface area (Å²) in [4.78, 5) is 4.76. The summed E-state index contributed by atoms with van der Waals surface area (Å²) in [5.74, 6) is -0.242. The largest absolute Gasteiger partial charge is 0.380 e. The fourth-order valence-corrected chi connectivity index (χ4v) is 3.75. The highest BCUT2D eigenvalue weighted by atomic mass is 19.1. The van der Waals surface area contributed by atoms with Crippen LogP contribution in [0.2, 0.25) is 0 Å². The van der Waals surface area contributed by atoms with Crippen molar-refractivity contribution in [3.05, 3.63) is 48.3 Å². The maximum atomic E-state index is 14.1. The standard InChI is InChI=1S/C22H29FN4O/c1-26-10-12-27(13-11-26)19-7-4-17(5-8-19)25-18-6-9-21(23)22(15-18)24-16-20-3-2-14-28-20/h4-9,15,20,24-25H,2-3,10-14,16H2,1H3. The molecular formula is C22H29FN4O. The average molecular weight is 384 g/mol. The van der Waals surface area contributed by atoms with E-state index in [9.17, 15) is 4.39 Å². The molecule has 2 fully saturated rings. The second kappa shape index (κ2) is 8.80. The van der Waals surface area contributed by atoms with Crippen molar-refractivity contribution in [1.29, 1.82) is 0 Å². The van der Waals surface area contributed by atoms with E-state index in [4.69, 9.17) is 4.74 Å². The zero-order valence-corrected chi connectivity index (χ0v) is 16.5. The van der Waals surface area contributed by atoms with Gasteiger partial charge in [-0.05, 0) is 62.4 Å². The number of likely N-dealkylation sites (N-methyl/N-ethyl adjacent to an activating group) is 1. The molecule has 0 aromatic heterocycles. The fourth-order valence-electron chi connectivity index (χ4n) is 3.75. The SMILES string of the molecule is CN1CCN(c2ccc(Nc3ccc(F)c(NCC4CCCO4)c3)cc2)CC1. The van der Waals surface area contributed by atoms with Gasteiger partial charge in [-0.2, -0.15) is 0 Å². The predicted molar refractivity (Wildman–Crippen MR) is 113 cm³/mol. The van der Waals surface area contributed by atoms with Crippen LogP contribution in [0.25, 0.3) is 0 Å². The van der Waals surface area contributed by atoms with Crippen molar-refractivity contribution in [2.45, 2.75) is 18.9 Å². The Hall–Kier alpha value is -2.31. The third kappa shape index (κ3) is 4.75. The van der Waals surface area contributed by atoms with Gasteiger partial charge in [-0.1, -0.05) is 0 Å². The van der Waals surface area contributed by atoms with Crippen molar-refractivity contribution in [1.82, 2.24) is 4.90 Å². The van der Waals surface area contributed by atoms with E-state index in [-0.39, 0.29) is 11.9 Å². The van der Waals surface area contributed by atoms with Gasteiger partial charge in [-0.25, -0.2) is 4.39 Å². The minimum atomic E-state index is -0.242. The first-order valence-corrected chi connectivity index (χ1v) is 10.1. The molecule has 0 bridgehead atoms. The van der Waals surface area contributed by atoms with Gasteiger partial charge in [0.15, 0.2) is 0 Å². The molecule has 2 heterocycles. The zero-order valence-electron chi connectivity index (χ0n) is 16.5. The van der Waals surface area contributed by atoms with Gasteiger partial charge in [0.1, 0.15) is 5.82 Å². The number of hydrogen-bond acceptors (Lipinski definition) is 5. The van der Waals surface area contributed by atoms with Crippen molar-refractivity contribution < 1.29 is 9.13 Å². The summed E-state index contributed by atoms with van der Waals surface area (Å²) in [7, 11) is 2.16. The van der Waals surface area contributed by atoms with Gasteiger partial charge in [0.2, 0.25) is 0 Å². The van der Waals surface area contributed by atoms with E-state index in [0.29, 0.717) is 12.2 Å². The third-order valence-corrected chi connectivity index (χ3v) is 5.53. The lowest BCUT2D eigenvalue weighted by atomic mass is 10.2. The molecule has 2 aromatic rings. The van der Waals surface area contributed by atoms with Gasteiger partial charge in [-0.3, -0.25) is 0 Å². The molecule has 1 unspecified atom stereocenters.